The predicted molar refractivity (Wildman–Crippen MR) is 113 cm³/mol. The number of nitrogens with one attached hydrogen (secondary N) is 1. The number of anilines is 2. The monoisotopic (exact) mass is 394 g/mol. The first-order valence-electron chi connectivity index (χ1n) is 9.64. The molecule has 152 valence electrons. The van der Waals surface area contributed by atoms with E-state index in [2.05, 4.69) is 38.2 Å². The van der Waals surface area contributed by atoms with Gasteiger partial charge < -0.3 is 25.4 Å². The number of ether oxygens (including phenoxy) is 2. The molecule has 1 aliphatic rings. The second kappa shape index (κ2) is 8.18. The van der Waals surface area contributed by atoms with E-state index in [9.17, 15) is 0 Å². The van der Waals surface area contributed by atoms with Gasteiger partial charge in [0, 0.05) is 44.0 Å². The second-order valence-electron chi connectivity index (χ2n) is 7.23. The van der Waals surface area contributed by atoms with Gasteiger partial charge in [-0.05, 0) is 36.6 Å². The number of hydrogen-bond donors (Lipinski definition) is 2. The van der Waals surface area contributed by atoms with Gasteiger partial charge >= 0.3 is 0 Å². The molecule has 0 saturated carbocycles. The molecule has 3 N–H and O–H groups in total. The van der Waals surface area contributed by atoms with Crippen LogP contribution in [0.25, 0.3) is 10.8 Å². The largest absolute Gasteiger partial charge is 0.497 e. The van der Waals surface area contributed by atoms with Gasteiger partial charge in [0.05, 0.1) is 24.9 Å². The lowest BCUT2D eigenvalue weighted by molar-refractivity contribution is 0.0937. The van der Waals surface area contributed by atoms with E-state index in [-0.39, 0.29) is 24.1 Å². The van der Waals surface area contributed by atoms with E-state index in [0.717, 1.165) is 41.1 Å². The van der Waals surface area contributed by atoms with Crippen LogP contribution in [0, 0.1) is 0 Å². The third-order valence-electron chi connectivity index (χ3n) is 5.43. The Morgan fingerprint density at radius 2 is 1.97 bits per heavy atom. The summed E-state index contributed by atoms with van der Waals surface area (Å²) < 4.78 is 11.1. The lowest BCUT2D eigenvalue weighted by Gasteiger charge is -2.24. The Kier molecular flexibility index (Phi) is 5.46. The van der Waals surface area contributed by atoms with Gasteiger partial charge in [-0.3, -0.25) is 4.98 Å². The minimum Gasteiger partial charge on any atom is -0.497 e. The summed E-state index contributed by atoms with van der Waals surface area (Å²) in [7, 11) is 3.41. The first kappa shape index (κ1) is 19.4. The fourth-order valence-corrected chi connectivity index (χ4v) is 3.94. The zero-order valence-electron chi connectivity index (χ0n) is 16.9. The Labute approximate surface area is 170 Å². The van der Waals surface area contributed by atoms with E-state index in [1.807, 2.05) is 30.5 Å². The summed E-state index contributed by atoms with van der Waals surface area (Å²) in [5.74, 6) is 1.90. The lowest BCUT2D eigenvalue weighted by Crippen LogP contribution is -2.41. The molecule has 1 aliphatic heterocycles. The highest BCUT2D eigenvalue weighted by molar-refractivity contribution is 5.86. The molecule has 3 heterocycles. The molecule has 8 nitrogen and oxygen atoms in total. The molecule has 29 heavy (non-hydrogen) atoms. The summed E-state index contributed by atoms with van der Waals surface area (Å²) in [6, 6.07) is 10.1. The van der Waals surface area contributed by atoms with Crippen LogP contribution in [-0.4, -0.2) is 54.4 Å². The Morgan fingerprint density at radius 1 is 1.14 bits per heavy atom. The smallest absolute Gasteiger partial charge is 0.221 e. The fourth-order valence-electron chi connectivity index (χ4n) is 3.94. The maximum Gasteiger partial charge on any atom is 0.221 e. The lowest BCUT2D eigenvalue weighted by atomic mass is 10.0. The molecule has 0 radical (unpaired) electrons. The van der Waals surface area contributed by atoms with Crippen molar-refractivity contribution in [2.45, 2.75) is 25.1 Å². The van der Waals surface area contributed by atoms with Crippen molar-refractivity contribution in [2.75, 3.05) is 37.9 Å². The van der Waals surface area contributed by atoms with Crippen LogP contribution in [0.3, 0.4) is 0 Å². The standard InChI is InChI=1S/C21H26N6O2/c1-13(20-16-10-15(28-2)5-4-14(16)6-8-23-20)25-17-11-27(12-18(17)29-3)19-7-9-24-21(22)26-19/h4-10,13,17-18,25H,11-12H2,1-3H3,(H2,22,24,26)/t13?,17-,18+/m0/s1. The minimum atomic E-state index is 0.0261. The molecule has 1 fully saturated rings. The van der Waals surface area contributed by atoms with E-state index in [1.165, 1.54) is 0 Å². The van der Waals surface area contributed by atoms with Crippen LogP contribution in [0.4, 0.5) is 11.8 Å². The third-order valence-corrected chi connectivity index (χ3v) is 5.43. The Morgan fingerprint density at radius 3 is 2.72 bits per heavy atom. The molecular weight excluding hydrogens is 368 g/mol. The van der Waals surface area contributed by atoms with Crippen LogP contribution in [0.15, 0.2) is 42.7 Å². The molecule has 8 heteroatoms. The molecule has 1 unspecified atom stereocenters. The quantitative estimate of drug-likeness (QED) is 0.656. The molecule has 4 rings (SSSR count). The summed E-state index contributed by atoms with van der Waals surface area (Å²) in [6.45, 7) is 3.61. The zero-order valence-corrected chi connectivity index (χ0v) is 16.9. The van der Waals surface area contributed by atoms with E-state index >= 15 is 0 Å². The van der Waals surface area contributed by atoms with Crippen molar-refractivity contribution < 1.29 is 9.47 Å². The highest BCUT2D eigenvalue weighted by atomic mass is 16.5. The van der Waals surface area contributed by atoms with Crippen molar-refractivity contribution in [3.05, 3.63) is 48.4 Å². The van der Waals surface area contributed by atoms with Gasteiger partial charge in [0.25, 0.3) is 0 Å². The summed E-state index contributed by atoms with van der Waals surface area (Å²) in [5, 5.41) is 5.91. The zero-order chi connectivity index (χ0) is 20.4. The minimum absolute atomic E-state index is 0.0261. The second-order valence-corrected chi connectivity index (χ2v) is 7.23. The van der Waals surface area contributed by atoms with Crippen molar-refractivity contribution in [1.29, 1.82) is 0 Å². The summed E-state index contributed by atoms with van der Waals surface area (Å²) in [6.07, 6.45) is 3.55. The van der Waals surface area contributed by atoms with Gasteiger partial charge in [0.15, 0.2) is 0 Å². The molecule has 0 bridgehead atoms. The number of pyridine rings is 1. The van der Waals surface area contributed by atoms with Gasteiger partial charge in [0.2, 0.25) is 5.95 Å². The van der Waals surface area contributed by atoms with Crippen LogP contribution < -0.4 is 20.7 Å². The molecule has 1 saturated heterocycles. The molecule has 0 amide bonds. The first-order valence-corrected chi connectivity index (χ1v) is 9.64. The van der Waals surface area contributed by atoms with Crippen molar-refractivity contribution in [3.8, 4) is 5.75 Å². The van der Waals surface area contributed by atoms with Crippen LogP contribution in [0.2, 0.25) is 0 Å². The molecule has 0 spiro atoms. The predicted octanol–water partition coefficient (Wildman–Crippen LogP) is 2.17. The van der Waals surface area contributed by atoms with E-state index in [4.69, 9.17) is 15.2 Å². The van der Waals surface area contributed by atoms with Gasteiger partial charge in [-0.15, -0.1) is 0 Å². The normalized spacial score (nSPS) is 20.2. The maximum absolute atomic E-state index is 5.75. The molecule has 0 aliphatic carbocycles. The third kappa shape index (κ3) is 3.94. The van der Waals surface area contributed by atoms with Gasteiger partial charge in [0.1, 0.15) is 11.6 Å². The number of nitrogens with two attached hydrogens (primary N) is 1. The number of methoxy groups -OCH3 is 2. The fraction of sp³-hybridized carbons (Fsp3) is 0.381. The van der Waals surface area contributed by atoms with E-state index in [0.29, 0.717) is 0 Å². The number of rotatable bonds is 6. The van der Waals surface area contributed by atoms with Gasteiger partial charge in [-0.1, -0.05) is 6.07 Å². The van der Waals surface area contributed by atoms with Gasteiger partial charge in [-0.2, -0.15) is 4.98 Å². The highest BCUT2D eigenvalue weighted by Gasteiger charge is 2.35. The summed E-state index contributed by atoms with van der Waals surface area (Å²) in [5.41, 5.74) is 6.73. The molecular formula is C21H26N6O2. The topological polar surface area (TPSA) is 98.4 Å². The Bertz CT molecular complexity index is 998. The highest BCUT2D eigenvalue weighted by Crippen LogP contribution is 2.28. The number of fused-ring (bicyclic) bond motifs is 1. The van der Waals surface area contributed by atoms with Crippen LogP contribution in [0.1, 0.15) is 18.7 Å². The molecule has 2 aromatic heterocycles. The molecule has 3 aromatic rings. The number of aromatic nitrogens is 3. The van der Waals surface area contributed by atoms with E-state index < -0.39 is 0 Å². The number of nitrogen functional groups attached to an aromatic ring is 1. The van der Waals surface area contributed by atoms with Crippen LogP contribution in [-0.2, 0) is 4.74 Å². The average molecular weight is 394 g/mol. The van der Waals surface area contributed by atoms with Crippen molar-refractivity contribution in [1.82, 2.24) is 20.3 Å². The van der Waals surface area contributed by atoms with Crippen molar-refractivity contribution >= 4 is 22.5 Å². The molecule has 1 aromatic carbocycles. The van der Waals surface area contributed by atoms with E-state index in [1.54, 1.807) is 20.4 Å². The SMILES string of the molecule is COc1ccc2ccnc(C(C)N[C@H]3CN(c4ccnc(N)n4)C[C@H]3OC)c2c1. The summed E-state index contributed by atoms with van der Waals surface area (Å²) >= 11 is 0. The maximum atomic E-state index is 5.75. The van der Waals surface area contributed by atoms with Crippen molar-refractivity contribution in [3.63, 3.8) is 0 Å². The van der Waals surface area contributed by atoms with Crippen LogP contribution in [0.5, 0.6) is 5.75 Å². The van der Waals surface area contributed by atoms with Crippen LogP contribution >= 0.6 is 0 Å². The van der Waals surface area contributed by atoms with Crippen molar-refractivity contribution in [2.24, 2.45) is 0 Å². The molecule has 3 atom stereocenters. The Balaban J connectivity index is 1.56. The van der Waals surface area contributed by atoms with Gasteiger partial charge in [-0.25, -0.2) is 4.98 Å². The first-order chi connectivity index (χ1) is 14.1. The number of nitrogens with zero attached hydrogens (tertiary/aromatic N) is 4. The number of benzene rings is 1. The Hall–Kier alpha value is -2.97. The average Bonchev–Trinajstić information content (AvgIpc) is 3.15. The summed E-state index contributed by atoms with van der Waals surface area (Å²) in [4.78, 5) is 15.1. The number of hydrogen-bond acceptors (Lipinski definition) is 8.